The molecule has 14 N–H and O–H groups in total. The summed E-state index contributed by atoms with van der Waals surface area (Å²) in [4.78, 5) is 130. The average Bonchev–Trinajstić information content (AvgIpc) is 3.38. The summed E-state index contributed by atoms with van der Waals surface area (Å²) < 4.78 is 21.2. The van der Waals surface area contributed by atoms with E-state index in [1.807, 2.05) is 0 Å². The third kappa shape index (κ3) is 45.0. The van der Waals surface area contributed by atoms with Gasteiger partial charge in [0.15, 0.2) is 0 Å². The molecule has 0 aromatic heterocycles. The van der Waals surface area contributed by atoms with E-state index in [9.17, 15) is 68.1 Å². The Hall–Kier alpha value is -6.03. The quantitative estimate of drug-likeness (QED) is 0.0374. The van der Waals surface area contributed by atoms with E-state index in [0.717, 1.165) is 51.4 Å². The van der Waals surface area contributed by atoms with Crippen LogP contribution in [0.1, 0.15) is 161 Å². The zero-order valence-corrected chi connectivity index (χ0v) is 45.3. The lowest BCUT2D eigenvalue weighted by Crippen LogP contribution is -2.45. The molecule has 448 valence electrons. The van der Waals surface area contributed by atoms with Crippen molar-refractivity contribution in [1.29, 1.82) is 0 Å². The summed E-state index contributed by atoms with van der Waals surface area (Å²) in [5.74, 6) is -8.64. The van der Waals surface area contributed by atoms with Crippen LogP contribution in [0, 0.1) is 0 Å². The van der Waals surface area contributed by atoms with Crippen molar-refractivity contribution < 1.29 is 92.1 Å². The van der Waals surface area contributed by atoms with Gasteiger partial charge in [0, 0.05) is 51.7 Å². The number of nitrogens with one attached hydrogen (secondary N) is 6. The molecular weight excluding hydrogens is 1030 g/mol. The number of carbonyl (C=O) groups is 11. The molecule has 0 radical (unpaired) electrons. The zero-order chi connectivity index (χ0) is 58.2. The van der Waals surface area contributed by atoms with Gasteiger partial charge in [-0.2, -0.15) is 0 Å². The van der Waals surface area contributed by atoms with Gasteiger partial charge >= 0.3 is 23.9 Å². The minimum atomic E-state index is -1.49. The van der Waals surface area contributed by atoms with Crippen LogP contribution < -0.4 is 43.4 Å². The van der Waals surface area contributed by atoms with Gasteiger partial charge in [0.05, 0.1) is 45.7 Å². The summed E-state index contributed by atoms with van der Waals surface area (Å²) in [6.45, 7) is 0.223. The maximum Gasteiger partial charge on any atom is 0.326 e. The standard InChI is InChI=1S/C51H90N8O19/c52-37(48(53)68)17-15-16-26-54-41(60)23-20-39(50(71)72)58-44(63)25-22-40(51(73)74)59-46(65)36-78-34-32-76-30-28-56-45(64)35-77-33-31-75-29-27-55-42(61)24-21-38(49(69)70)57-43(62)18-13-11-9-7-5-3-1-2-4-6-8-10-12-14-19-47(66)67/h37-40H,1-36,52H2,(H2,53,68)(H,54,60)(H,55,61)(H,56,64)(H,57,62)(H,58,63)(H,59,65)(H,66,67)(H,69,70)(H,71,72)(H,73,74)/t37-,38-,39-,40-/m0/s1. The van der Waals surface area contributed by atoms with Gasteiger partial charge in [0.1, 0.15) is 31.3 Å². The van der Waals surface area contributed by atoms with E-state index in [1.165, 1.54) is 32.1 Å². The van der Waals surface area contributed by atoms with Gasteiger partial charge in [-0.15, -0.1) is 0 Å². The van der Waals surface area contributed by atoms with Crippen LogP contribution in [0.4, 0.5) is 0 Å². The highest BCUT2D eigenvalue weighted by atomic mass is 16.5. The number of ether oxygens (including phenoxy) is 4. The van der Waals surface area contributed by atoms with E-state index >= 15 is 0 Å². The number of carboxylic acids is 4. The molecule has 0 saturated carbocycles. The Morgan fingerprint density at radius 3 is 1.12 bits per heavy atom. The van der Waals surface area contributed by atoms with Crippen LogP contribution in [-0.4, -0.2) is 182 Å². The van der Waals surface area contributed by atoms with Crippen molar-refractivity contribution in [2.24, 2.45) is 11.5 Å². The molecule has 27 heteroatoms. The van der Waals surface area contributed by atoms with Gasteiger partial charge in [-0.1, -0.05) is 77.0 Å². The van der Waals surface area contributed by atoms with Crippen molar-refractivity contribution >= 4 is 65.2 Å². The molecule has 0 bridgehead atoms. The number of nitrogens with two attached hydrogens (primary N) is 2. The van der Waals surface area contributed by atoms with E-state index in [-0.39, 0.29) is 117 Å². The third-order valence-corrected chi connectivity index (χ3v) is 11.9. The van der Waals surface area contributed by atoms with Crippen molar-refractivity contribution in [3.63, 3.8) is 0 Å². The van der Waals surface area contributed by atoms with Crippen molar-refractivity contribution in [2.45, 2.75) is 185 Å². The summed E-state index contributed by atoms with van der Waals surface area (Å²) in [6.07, 6.45) is 15.2. The number of hydrogen-bond acceptors (Lipinski definition) is 16. The fourth-order valence-corrected chi connectivity index (χ4v) is 7.43. The highest BCUT2D eigenvalue weighted by Gasteiger charge is 2.25. The highest BCUT2D eigenvalue weighted by molar-refractivity contribution is 5.87. The lowest BCUT2D eigenvalue weighted by atomic mass is 10.0. The SMILES string of the molecule is NC(=O)[C@@H](N)CCCCNC(=O)CC[C@H](NC(=O)CC[C@H](NC(=O)COCCOCCNC(=O)COCCOCCNC(=O)CC[C@H](NC(=O)CCCCCCCCCCCCCCCCC(=O)O)C(=O)O)C(=O)O)C(=O)O. The predicted octanol–water partition coefficient (Wildman–Crippen LogP) is 0.759. The van der Waals surface area contributed by atoms with Gasteiger partial charge in [-0.3, -0.25) is 38.4 Å². The Labute approximate surface area is 456 Å². The van der Waals surface area contributed by atoms with Crippen LogP contribution >= 0.6 is 0 Å². The number of aliphatic carboxylic acids is 4. The minimum absolute atomic E-state index is 0.0356. The lowest BCUT2D eigenvalue weighted by molar-refractivity contribution is -0.144. The predicted molar refractivity (Wildman–Crippen MR) is 281 cm³/mol. The van der Waals surface area contributed by atoms with Gasteiger partial charge in [-0.05, 0) is 51.4 Å². The molecule has 78 heavy (non-hydrogen) atoms. The summed E-state index contributed by atoms with van der Waals surface area (Å²) in [5.41, 5.74) is 10.6. The Bertz CT molecular complexity index is 1780. The molecule has 7 amide bonds. The molecule has 0 heterocycles. The molecule has 4 atom stereocenters. The van der Waals surface area contributed by atoms with Gasteiger partial charge in [-0.25, -0.2) is 14.4 Å². The summed E-state index contributed by atoms with van der Waals surface area (Å²) in [6, 6.07) is -4.88. The summed E-state index contributed by atoms with van der Waals surface area (Å²) in [5, 5.41) is 52.0. The number of carbonyl (C=O) groups excluding carboxylic acids is 7. The second kappa shape index (κ2) is 48.1. The van der Waals surface area contributed by atoms with Gasteiger partial charge in [0.2, 0.25) is 41.4 Å². The maximum atomic E-state index is 12.4. The van der Waals surface area contributed by atoms with Crippen molar-refractivity contribution in [3.05, 3.63) is 0 Å². The molecule has 0 aromatic rings. The van der Waals surface area contributed by atoms with Crippen LogP contribution in [0.2, 0.25) is 0 Å². The van der Waals surface area contributed by atoms with E-state index in [1.54, 1.807) is 0 Å². The topological polar surface area (TPSA) is 430 Å². The number of carboxylic acid groups (broad SMARTS) is 4. The number of amides is 7. The molecule has 0 fully saturated rings. The molecule has 0 aliphatic heterocycles. The van der Waals surface area contributed by atoms with Crippen LogP contribution in [0.15, 0.2) is 0 Å². The number of hydrogen-bond donors (Lipinski definition) is 12. The van der Waals surface area contributed by atoms with Gasteiger partial charge < -0.3 is 82.7 Å². The van der Waals surface area contributed by atoms with E-state index in [2.05, 4.69) is 31.9 Å². The first kappa shape index (κ1) is 72.0. The molecule has 0 aromatic carbocycles. The van der Waals surface area contributed by atoms with Crippen LogP contribution in [0.25, 0.3) is 0 Å². The van der Waals surface area contributed by atoms with Crippen molar-refractivity contribution in [3.8, 4) is 0 Å². The van der Waals surface area contributed by atoms with Crippen LogP contribution in [0.3, 0.4) is 0 Å². The lowest BCUT2D eigenvalue weighted by Gasteiger charge is -2.17. The van der Waals surface area contributed by atoms with E-state index in [0.29, 0.717) is 25.7 Å². The van der Waals surface area contributed by atoms with Crippen LogP contribution in [-0.2, 0) is 71.7 Å². The van der Waals surface area contributed by atoms with E-state index in [4.69, 9.17) is 35.5 Å². The number of unbranched alkanes of at least 4 members (excludes halogenated alkanes) is 14. The highest BCUT2D eigenvalue weighted by Crippen LogP contribution is 2.14. The Morgan fingerprint density at radius 2 is 0.692 bits per heavy atom. The molecule has 0 spiro atoms. The Kier molecular flexibility index (Phi) is 44.4. The Balaban J connectivity index is 3.95. The monoisotopic (exact) mass is 1120 g/mol. The first-order valence-electron chi connectivity index (χ1n) is 27.3. The minimum Gasteiger partial charge on any atom is -0.481 e. The average molecular weight is 1120 g/mol. The molecule has 0 saturated heterocycles. The second-order valence-electron chi connectivity index (χ2n) is 18.7. The molecule has 0 aliphatic carbocycles. The van der Waals surface area contributed by atoms with Crippen molar-refractivity contribution in [1.82, 2.24) is 31.9 Å². The maximum absolute atomic E-state index is 12.4. The van der Waals surface area contributed by atoms with Crippen molar-refractivity contribution in [2.75, 3.05) is 72.5 Å². The largest absolute Gasteiger partial charge is 0.481 e. The number of rotatable bonds is 54. The first-order chi connectivity index (χ1) is 37.3. The summed E-state index contributed by atoms with van der Waals surface area (Å²) >= 11 is 0. The fraction of sp³-hybridized carbons (Fsp3) is 0.784. The smallest absolute Gasteiger partial charge is 0.326 e. The van der Waals surface area contributed by atoms with Crippen LogP contribution in [0.5, 0.6) is 0 Å². The zero-order valence-electron chi connectivity index (χ0n) is 45.3. The molecule has 0 unspecified atom stereocenters. The van der Waals surface area contributed by atoms with Gasteiger partial charge in [0.25, 0.3) is 0 Å². The normalized spacial score (nSPS) is 12.5. The summed E-state index contributed by atoms with van der Waals surface area (Å²) in [7, 11) is 0. The molecular formula is C51H90N8O19. The number of primary amides is 1. The molecule has 27 nitrogen and oxygen atoms in total. The Morgan fingerprint density at radius 1 is 0.346 bits per heavy atom. The third-order valence-electron chi connectivity index (χ3n) is 11.9. The first-order valence-corrected chi connectivity index (χ1v) is 27.3. The fourth-order valence-electron chi connectivity index (χ4n) is 7.43. The molecule has 0 aliphatic rings. The van der Waals surface area contributed by atoms with E-state index < -0.39 is 96.5 Å². The molecule has 0 rings (SSSR count). The second-order valence-corrected chi connectivity index (χ2v) is 18.7.